The number of hydrogen-bond donors (Lipinski definition) is 2. The van der Waals surface area contributed by atoms with Crippen LogP contribution in [0.5, 0.6) is 0 Å². The number of nitrogen functional groups attached to an aromatic ring is 1. The molecule has 8 heteroatoms. The molecule has 130 valence electrons. The van der Waals surface area contributed by atoms with Crippen molar-refractivity contribution >= 4 is 26.7 Å². The number of anilines is 1. The van der Waals surface area contributed by atoms with E-state index in [4.69, 9.17) is 5.73 Å². The SMILES string of the molecule is Cc1ccc(S(=O)(=O)c2ccc3[nH]ncc3c2)cc1-c1cnc(N)nc1. The molecule has 0 fully saturated rings. The molecule has 2 heterocycles. The van der Waals surface area contributed by atoms with Gasteiger partial charge in [0.05, 0.1) is 21.5 Å². The summed E-state index contributed by atoms with van der Waals surface area (Å²) in [4.78, 5) is 8.39. The van der Waals surface area contributed by atoms with Gasteiger partial charge in [-0.3, -0.25) is 5.10 Å². The highest BCUT2D eigenvalue weighted by Crippen LogP contribution is 2.29. The van der Waals surface area contributed by atoms with Crippen molar-refractivity contribution in [2.75, 3.05) is 5.73 Å². The van der Waals surface area contributed by atoms with Crippen LogP contribution in [-0.2, 0) is 9.84 Å². The molecule has 4 aromatic rings. The minimum absolute atomic E-state index is 0.170. The van der Waals surface area contributed by atoms with Gasteiger partial charge in [0.1, 0.15) is 0 Å². The van der Waals surface area contributed by atoms with Gasteiger partial charge in [0.15, 0.2) is 0 Å². The molecule has 0 saturated carbocycles. The van der Waals surface area contributed by atoms with Gasteiger partial charge in [-0.2, -0.15) is 5.10 Å². The van der Waals surface area contributed by atoms with Gasteiger partial charge < -0.3 is 5.73 Å². The summed E-state index contributed by atoms with van der Waals surface area (Å²) in [6.45, 7) is 1.90. The first kappa shape index (κ1) is 16.2. The summed E-state index contributed by atoms with van der Waals surface area (Å²) >= 11 is 0. The number of fused-ring (bicyclic) bond motifs is 1. The molecule has 0 aliphatic heterocycles. The molecule has 0 atom stereocenters. The summed E-state index contributed by atoms with van der Waals surface area (Å²) in [7, 11) is -3.67. The van der Waals surface area contributed by atoms with Crippen molar-refractivity contribution in [3.8, 4) is 11.1 Å². The van der Waals surface area contributed by atoms with E-state index in [1.165, 1.54) is 0 Å². The van der Waals surface area contributed by atoms with Gasteiger partial charge in [0.2, 0.25) is 15.8 Å². The zero-order valence-electron chi connectivity index (χ0n) is 13.8. The van der Waals surface area contributed by atoms with Crippen LogP contribution in [0.25, 0.3) is 22.0 Å². The first-order valence-corrected chi connectivity index (χ1v) is 9.30. The van der Waals surface area contributed by atoms with Gasteiger partial charge in [-0.25, -0.2) is 18.4 Å². The topological polar surface area (TPSA) is 115 Å². The largest absolute Gasteiger partial charge is 0.368 e. The van der Waals surface area contributed by atoms with E-state index in [1.807, 2.05) is 6.92 Å². The maximum absolute atomic E-state index is 13.1. The Hall–Kier alpha value is -3.26. The molecule has 0 spiro atoms. The number of aryl methyl sites for hydroxylation is 1. The second-order valence-electron chi connectivity index (χ2n) is 5.93. The Morgan fingerprint density at radius 2 is 1.65 bits per heavy atom. The quantitative estimate of drug-likeness (QED) is 0.577. The number of sulfone groups is 1. The lowest BCUT2D eigenvalue weighted by atomic mass is 10.0. The van der Waals surface area contributed by atoms with Gasteiger partial charge in [0.25, 0.3) is 0 Å². The molecule has 0 saturated heterocycles. The second-order valence-corrected chi connectivity index (χ2v) is 7.88. The number of nitrogens with zero attached hydrogens (tertiary/aromatic N) is 3. The molecule has 0 unspecified atom stereocenters. The van der Waals surface area contributed by atoms with Crippen molar-refractivity contribution in [2.24, 2.45) is 0 Å². The third-order valence-electron chi connectivity index (χ3n) is 4.22. The third kappa shape index (κ3) is 2.70. The molecule has 2 aromatic carbocycles. The van der Waals surface area contributed by atoms with E-state index in [2.05, 4.69) is 20.2 Å². The Kier molecular flexibility index (Phi) is 3.69. The van der Waals surface area contributed by atoms with Crippen LogP contribution in [0.1, 0.15) is 5.56 Å². The molecule has 0 aliphatic carbocycles. The van der Waals surface area contributed by atoms with Crippen molar-refractivity contribution in [2.45, 2.75) is 16.7 Å². The van der Waals surface area contributed by atoms with E-state index in [0.717, 1.165) is 22.0 Å². The molecule has 0 bridgehead atoms. The van der Waals surface area contributed by atoms with Crippen LogP contribution in [0.2, 0.25) is 0 Å². The molecule has 2 aromatic heterocycles. The van der Waals surface area contributed by atoms with Gasteiger partial charge in [-0.1, -0.05) is 6.07 Å². The van der Waals surface area contributed by atoms with Crippen molar-refractivity contribution in [1.29, 1.82) is 0 Å². The van der Waals surface area contributed by atoms with Crippen LogP contribution in [-0.4, -0.2) is 28.6 Å². The molecule has 0 aliphatic rings. The number of nitrogens with two attached hydrogens (primary N) is 1. The number of aromatic nitrogens is 4. The van der Waals surface area contributed by atoms with Crippen LogP contribution >= 0.6 is 0 Å². The molecule has 4 rings (SSSR count). The van der Waals surface area contributed by atoms with Crippen LogP contribution in [0, 0.1) is 6.92 Å². The molecule has 26 heavy (non-hydrogen) atoms. The van der Waals surface area contributed by atoms with Gasteiger partial charge in [0, 0.05) is 23.3 Å². The summed E-state index contributed by atoms with van der Waals surface area (Å²) in [5.41, 5.74) is 8.69. The number of rotatable bonds is 3. The Morgan fingerprint density at radius 3 is 2.42 bits per heavy atom. The Bertz CT molecular complexity index is 1210. The summed E-state index contributed by atoms with van der Waals surface area (Å²) in [6.07, 6.45) is 4.76. The van der Waals surface area contributed by atoms with Crippen LogP contribution in [0.3, 0.4) is 0 Å². The minimum Gasteiger partial charge on any atom is -0.368 e. The number of nitrogens with one attached hydrogen (secondary N) is 1. The maximum Gasteiger partial charge on any atom is 0.219 e. The van der Waals surface area contributed by atoms with E-state index in [9.17, 15) is 8.42 Å². The van der Waals surface area contributed by atoms with Crippen LogP contribution in [0.4, 0.5) is 5.95 Å². The normalized spacial score (nSPS) is 11.7. The molecular formula is C18H15N5O2S. The van der Waals surface area contributed by atoms with E-state index < -0.39 is 9.84 Å². The Labute approximate surface area is 149 Å². The van der Waals surface area contributed by atoms with Crippen molar-refractivity contribution in [1.82, 2.24) is 20.2 Å². The molecule has 0 radical (unpaired) electrons. The van der Waals surface area contributed by atoms with E-state index >= 15 is 0 Å². The van der Waals surface area contributed by atoms with Crippen molar-refractivity contribution in [3.63, 3.8) is 0 Å². The average molecular weight is 365 g/mol. The fourth-order valence-electron chi connectivity index (χ4n) is 2.78. The predicted molar refractivity (Wildman–Crippen MR) is 98.2 cm³/mol. The lowest BCUT2D eigenvalue weighted by molar-refractivity contribution is 0.596. The van der Waals surface area contributed by atoms with E-state index in [1.54, 1.807) is 55.0 Å². The van der Waals surface area contributed by atoms with Gasteiger partial charge in [-0.05, 0) is 48.4 Å². The number of aromatic amines is 1. The summed E-state index contributed by atoms with van der Waals surface area (Å²) in [5.74, 6) is 0.170. The smallest absolute Gasteiger partial charge is 0.219 e. The Morgan fingerprint density at radius 1 is 0.962 bits per heavy atom. The number of benzene rings is 2. The predicted octanol–water partition coefficient (Wildman–Crippen LogP) is 2.74. The minimum atomic E-state index is -3.67. The highest BCUT2D eigenvalue weighted by molar-refractivity contribution is 7.91. The maximum atomic E-state index is 13.1. The van der Waals surface area contributed by atoms with Gasteiger partial charge >= 0.3 is 0 Å². The van der Waals surface area contributed by atoms with Crippen molar-refractivity contribution in [3.05, 3.63) is 60.6 Å². The molecular weight excluding hydrogens is 350 g/mol. The number of H-pyrrole nitrogens is 1. The first-order chi connectivity index (χ1) is 12.4. The van der Waals surface area contributed by atoms with Crippen LogP contribution < -0.4 is 5.73 Å². The Balaban J connectivity index is 1.84. The average Bonchev–Trinajstić information content (AvgIpc) is 3.10. The van der Waals surface area contributed by atoms with Crippen LogP contribution in [0.15, 0.2) is 64.8 Å². The standard InChI is InChI=1S/C18H15N5O2S/c1-11-2-3-15(7-16(11)13-8-20-18(19)21-9-13)26(24,25)14-4-5-17-12(6-14)10-22-23-17/h2-10H,1H3,(H,22,23)(H2,19,20,21). The molecule has 3 N–H and O–H groups in total. The van der Waals surface area contributed by atoms with Gasteiger partial charge in [-0.15, -0.1) is 0 Å². The molecule has 0 amide bonds. The lowest BCUT2D eigenvalue weighted by Gasteiger charge is -2.10. The molecule has 7 nitrogen and oxygen atoms in total. The third-order valence-corrected chi connectivity index (χ3v) is 5.97. The summed E-state index contributed by atoms with van der Waals surface area (Å²) < 4.78 is 26.1. The second kappa shape index (κ2) is 5.92. The fraction of sp³-hybridized carbons (Fsp3) is 0.0556. The monoisotopic (exact) mass is 365 g/mol. The highest BCUT2D eigenvalue weighted by atomic mass is 32.2. The first-order valence-electron chi connectivity index (χ1n) is 7.82. The summed E-state index contributed by atoms with van der Waals surface area (Å²) in [6, 6.07) is 9.90. The number of hydrogen-bond acceptors (Lipinski definition) is 6. The highest BCUT2D eigenvalue weighted by Gasteiger charge is 2.20. The zero-order valence-corrected chi connectivity index (χ0v) is 14.7. The zero-order chi connectivity index (χ0) is 18.3. The fourth-order valence-corrected chi connectivity index (χ4v) is 4.10. The summed E-state index contributed by atoms with van der Waals surface area (Å²) in [5, 5.41) is 7.48. The van der Waals surface area contributed by atoms with E-state index in [0.29, 0.717) is 5.56 Å². The van der Waals surface area contributed by atoms with Crippen molar-refractivity contribution < 1.29 is 8.42 Å². The van der Waals surface area contributed by atoms with E-state index in [-0.39, 0.29) is 15.7 Å². The lowest BCUT2D eigenvalue weighted by Crippen LogP contribution is -2.03.